The van der Waals surface area contributed by atoms with Gasteiger partial charge in [-0.15, -0.1) is 0 Å². The van der Waals surface area contributed by atoms with Crippen LogP contribution in [-0.2, 0) is 0 Å². The molecule has 0 heterocycles. The van der Waals surface area contributed by atoms with Crippen LogP contribution in [-0.4, -0.2) is 41.9 Å². The molecule has 3 N–H and O–H groups in total. The highest BCUT2D eigenvalue weighted by atomic mass is 16.4. The van der Waals surface area contributed by atoms with E-state index < -0.39 is 6.09 Å². The monoisotopic (exact) mass is 191 g/mol. The third kappa shape index (κ3) is 7.59. The Morgan fingerprint density at radius 2 is 1.23 bits per heavy atom. The molecule has 0 saturated carbocycles. The van der Waals surface area contributed by atoms with Crippen LogP contribution in [0.25, 0.3) is 0 Å². The lowest BCUT2D eigenvalue weighted by atomic mass is 10.3. The number of quaternary nitrogens is 1. The largest absolute Gasteiger partial charge is 0.465 e. The maximum Gasteiger partial charge on any atom is 0.402 e. The average molecular weight is 191 g/mol. The van der Waals surface area contributed by atoms with Crippen LogP contribution >= 0.6 is 0 Å². The number of hydrogen-bond acceptors (Lipinski definition) is 1. The summed E-state index contributed by atoms with van der Waals surface area (Å²) in [5, 5.41) is 7.19. The van der Waals surface area contributed by atoms with E-state index in [0.717, 1.165) is 0 Å². The molecule has 13 heavy (non-hydrogen) atoms. The molecule has 1 amide bonds. The molecule has 0 radical (unpaired) electrons. The van der Waals surface area contributed by atoms with Crippen LogP contribution in [0.4, 0.5) is 4.79 Å². The number of carboxylic acid groups (broad SMARTS) is 1. The van der Waals surface area contributed by atoms with Crippen molar-refractivity contribution in [1.82, 2.24) is 0 Å². The Morgan fingerprint density at radius 1 is 1.08 bits per heavy atom. The molecule has 0 bridgehead atoms. The first kappa shape index (κ1) is 14.7. The molecule has 0 aromatic rings. The maximum absolute atomic E-state index is 8.78. The van der Waals surface area contributed by atoms with Gasteiger partial charge in [-0.3, -0.25) is 0 Å². The van der Waals surface area contributed by atoms with Gasteiger partial charge in [0.05, 0.1) is 26.2 Å². The van der Waals surface area contributed by atoms with E-state index in [9.17, 15) is 0 Å². The summed E-state index contributed by atoms with van der Waals surface area (Å²) in [5.41, 5.74) is 4.03. The minimum Gasteiger partial charge on any atom is -0.465 e. The van der Waals surface area contributed by atoms with Gasteiger partial charge in [0.15, 0.2) is 0 Å². The minimum atomic E-state index is -1.33. The van der Waals surface area contributed by atoms with Crippen LogP contribution in [0.1, 0.15) is 27.7 Å². The number of nitrogens with zero attached hydrogens (tertiary/aromatic N) is 1. The number of primary amides is 1. The molecule has 0 aliphatic heterocycles. The lowest BCUT2D eigenvalue weighted by molar-refractivity contribution is -0.921. The second-order valence-corrected chi connectivity index (χ2v) is 2.94. The summed E-state index contributed by atoms with van der Waals surface area (Å²) in [4.78, 5) is 8.78. The van der Waals surface area contributed by atoms with Crippen LogP contribution in [0.15, 0.2) is 0 Å². The highest BCUT2D eigenvalue weighted by Crippen LogP contribution is 2.03. The first-order valence-electron chi connectivity index (χ1n) is 4.81. The second-order valence-electron chi connectivity index (χ2n) is 2.94. The van der Waals surface area contributed by atoms with Gasteiger partial charge >= 0.3 is 6.09 Å². The molecule has 0 spiro atoms. The van der Waals surface area contributed by atoms with E-state index in [2.05, 4.69) is 33.4 Å². The summed E-state index contributed by atoms with van der Waals surface area (Å²) in [6.45, 7) is 14.2. The Balaban J connectivity index is 0. The molecule has 0 aliphatic carbocycles. The summed E-state index contributed by atoms with van der Waals surface area (Å²) in [6, 6.07) is 0. The van der Waals surface area contributed by atoms with Crippen molar-refractivity contribution in [3.63, 3.8) is 0 Å². The zero-order chi connectivity index (χ0) is 10.9. The number of nitrogens with two attached hydrogens (primary N) is 1. The van der Waals surface area contributed by atoms with Crippen molar-refractivity contribution < 1.29 is 14.4 Å². The summed E-state index contributed by atoms with van der Waals surface area (Å²) in [7, 11) is 0. The van der Waals surface area contributed by atoms with Gasteiger partial charge in [-0.25, -0.2) is 4.79 Å². The molecule has 0 aromatic carbocycles. The van der Waals surface area contributed by atoms with Gasteiger partial charge in [0.25, 0.3) is 0 Å². The highest BCUT2D eigenvalue weighted by molar-refractivity contribution is 5.61. The van der Waals surface area contributed by atoms with Crippen molar-refractivity contribution in [2.45, 2.75) is 27.7 Å². The van der Waals surface area contributed by atoms with E-state index in [0.29, 0.717) is 0 Å². The molecule has 0 rings (SSSR count). The van der Waals surface area contributed by atoms with Gasteiger partial charge in [-0.1, -0.05) is 0 Å². The van der Waals surface area contributed by atoms with E-state index in [1.165, 1.54) is 30.7 Å². The van der Waals surface area contributed by atoms with Gasteiger partial charge in [0.1, 0.15) is 0 Å². The van der Waals surface area contributed by atoms with Crippen molar-refractivity contribution in [1.29, 1.82) is 0 Å². The first-order chi connectivity index (χ1) is 5.97. The Bertz CT molecular complexity index is 112. The fourth-order valence-electron chi connectivity index (χ4n) is 1.34. The van der Waals surface area contributed by atoms with Crippen LogP contribution in [0, 0.1) is 0 Å². The fourth-order valence-corrected chi connectivity index (χ4v) is 1.34. The van der Waals surface area contributed by atoms with Crippen molar-refractivity contribution in [3.05, 3.63) is 0 Å². The van der Waals surface area contributed by atoms with Gasteiger partial charge in [-0.2, -0.15) is 0 Å². The van der Waals surface area contributed by atoms with E-state index in [1.807, 2.05) is 0 Å². The normalized spacial score (nSPS) is 10.2. The summed E-state index contributed by atoms with van der Waals surface area (Å²) in [5.74, 6) is 0. The van der Waals surface area contributed by atoms with E-state index in [4.69, 9.17) is 9.90 Å². The fraction of sp³-hybridized carbons (Fsp3) is 0.889. The van der Waals surface area contributed by atoms with Crippen molar-refractivity contribution in [3.8, 4) is 0 Å². The third-order valence-corrected chi connectivity index (χ3v) is 2.68. The quantitative estimate of drug-likeness (QED) is 0.661. The van der Waals surface area contributed by atoms with Crippen LogP contribution in [0.2, 0.25) is 0 Å². The van der Waals surface area contributed by atoms with Crippen LogP contribution in [0.3, 0.4) is 0 Å². The van der Waals surface area contributed by atoms with Gasteiger partial charge in [-0.05, 0) is 27.7 Å². The van der Waals surface area contributed by atoms with Gasteiger partial charge < -0.3 is 15.3 Å². The van der Waals surface area contributed by atoms with Crippen LogP contribution < -0.4 is 5.73 Å². The summed E-state index contributed by atoms with van der Waals surface area (Å²) < 4.78 is 1.28. The number of amides is 1. The molecular formula is C9H23N2O2+. The molecule has 0 unspecified atom stereocenters. The molecular weight excluding hydrogens is 168 g/mol. The van der Waals surface area contributed by atoms with E-state index in [1.54, 1.807) is 0 Å². The zero-order valence-corrected chi connectivity index (χ0v) is 9.21. The Labute approximate surface area is 80.9 Å². The topological polar surface area (TPSA) is 63.3 Å². The maximum atomic E-state index is 8.78. The lowest BCUT2D eigenvalue weighted by Crippen LogP contribution is -2.47. The van der Waals surface area contributed by atoms with Crippen molar-refractivity contribution >= 4 is 6.09 Å². The third-order valence-electron chi connectivity index (χ3n) is 2.68. The van der Waals surface area contributed by atoms with Crippen LogP contribution in [0.5, 0.6) is 0 Å². The molecule has 0 aromatic heterocycles. The smallest absolute Gasteiger partial charge is 0.402 e. The summed E-state index contributed by atoms with van der Waals surface area (Å²) >= 11 is 0. The molecule has 0 aliphatic rings. The standard InChI is InChI=1S/C8H20N.CH3NO2/c1-5-9(6-2,7-3)8-4;2-1(3)4/h5-8H2,1-4H3;2H2,(H,3,4)/q+1;. The second kappa shape index (κ2) is 7.86. The Morgan fingerprint density at radius 3 is 1.23 bits per heavy atom. The number of hydrogen-bond donors (Lipinski definition) is 2. The Kier molecular flexibility index (Phi) is 8.91. The predicted octanol–water partition coefficient (Wildman–Crippen LogP) is 1.51. The summed E-state index contributed by atoms with van der Waals surface area (Å²) in [6.07, 6.45) is -1.33. The van der Waals surface area contributed by atoms with Crippen molar-refractivity contribution in [2.24, 2.45) is 5.73 Å². The van der Waals surface area contributed by atoms with E-state index >= 15 is 0 Å². The molecule has 0 saturated heterocycles. The molecule has 0 atom stereocenters. The van der Waals surface area contributed by atoms with Gasteiger partial charge in [0.2, 0.25) is 0 Å². The lowest BCUT2D eigenvalue weighted by Gasteiger charge is -2.34. The highest BCUT2D eigenvalue weighted by Gasteiger charge is 2.16. The average Bonchev–Trinajstić information content (AvgIpc) is 2.09. The van der Waals surface area contributed by atoms with Gasteiger partial charge in [0, 0.05) is 0 Å². The molecule has 80 valence electrons. The number of carbonyl (C=O) groups is 1. The molecule has 4 nitrogen and oxygen atoms in total. The SMILES string of the molecule is CC[N+](CC)(CC)CC.NC(=O)O. The first-order valence-corrected chi connectivity index (χ1v) is 4.81. The molecule has 4 heteroatoms. The van der Waals surface area contributed by atoms with E-state index in [-0.39, 0.29) is 0 Å². The number of rotatable bonds is 4. The molecule has 0 fully saturated rings. The Hall–Kier alpha value is -0.770. The van der Waals surface area contributed by atoms with Crippen molar-refractivity contribution in [2.75, 3.05) is 26.2 Å². The minimum absolute atomic E-state index is 1.28. The zero-order valence-electron chi connectivity index (χ0n) is 9.21. The predicted molar refractivity (Wildman–Crippen MR) is 54.6 cm³/mol.